The van der Waals surface area contributed by atoms with Gasteiger partial charge in [0.1, 0.15) is 0 Å². The molecule has 0 spiro atoms. The highest BCUT2D eigenvalue weighted by Crippen LogP contribution is 2.24. The summed E-state index contributed by atoms with van der Waals surface area (Å²) in [5.41, 5.74) is 2.31. The fraction of sp³-hybridized carbons (Fsp3) is 0.111. The molecule has 2 aromatic carbocycles. The smallest absolute Gasteiger partial charge is 0.449 e. The van der Waals surface area contributed by atoms with Crippen LogP contribution < -0.4 is 4.74 Å². The summed E-state index contributed by atoms with van der Waals surface area (Å²) in [5.74, 6) is 0.0755. The molecule has 116 valence electrons. The van der Waals surface area contributed by atoms with Gasteiger partial charge in [0.2, 0.25) is 5.88 Å². The number of hydrogen-bond donors (Lipinski definition) is 1. The molecule has 1 heterocycles. The standard InChI is InChI=1S/C18H16N2O3/c21-18(22)23-17-12-20(13-19-17)16(15-9-5-2-6-10-15)11-14-7-3-1-4-8-14/h1-10,12-13,16H,11H2,(H,21,22). The summed E-state index contributed by atoms with van der Waals surface area (Å²) in [6.07, 6.45) is 2.61. The highest BCUT2D eigenvalue weighted by Gasteiger charge is 2.16. The van der Waals surface area contributed by atoms with E-state index in [4.69, 9.17) is 5.11 Å². The molecule has 1 unspecified atom stereocenters. The molecule has 0 aliphatic heterocycles. The molecule has 5 heteroatoms. The van der Waals surface area contributed by atoms with Gasteiger partial charge in [0.15, 0.2) is 0 Å². The lowest BCUT2D eigenvalue weighted by Gasteiger charge is -2.19. The van der Waals surface area contributed by atoms with Crippen molar-refractivity contribution in [3.05, 3.63) is 84.3 Å². The summed E-state index contributed by atoms with van der Waals surface area (Å²) in [6, 6.07) is 20.2. The van der Waals surface area contributed by atoms with Gasteiger partial charge in [-0.05, 0) is 17.5 Å². The second-order valence-corrected chi connectivity index (χ2v) is 5.14. The molecule has 1 aromatic heterocycles. The lowest BCUT2D eigenvalue weighted by molar-refractivity contribution is 0.142. The van der Waals surface area contributed by atoms with Gasteiger partial charge in [-0.15, -0.1) is 0 Å². The Hall–Kier alpha value is -3.08. The number of carbonyl (C=O) groups is 1. The summed E-state index contributed by atoms with van der Waals surface area (Å²) in [7, 11) is 0. The SMILES string of the molecule is O=C(O)Oc1cn(C(Cc2ccccc2)c2ccccc2)cn1. The van der Waals surface area contributed by atoms with E-state index in [2.05, 4.69) is 21.9 Å². The molecule has 1 N–H and O–H groups in total. The molecular weight excluding hydrogens is 292 g/mol. The normalized spacial score (nSPS) is 11.8. The highest BCUT2D eigenvalue weighted by atomic mass is 16.7. The highest BCUT2D eigenvalue weighted by molar-refractivity contribution is 5.60. The van der Waals surface area contributed by atoms with Gasteiger partial charge >= 0.3 is 6.16 Å². The monoisotopic (exact) mass is 308 g/mol. The van der Waals surface area contributed by atoms with E-state index in [9.17, 15) is 4.79 Å². The van der Waals surface area contributed by atoms with Crippen LogP contribution in [0.15, 0.2) is 73.2 Å². The Morgan fingerprint density at radius 3 is 2.39 bits per heavy atom. The molecule has 0 bridgehead atoms. The maximum Gasteiger partial charge on any atom is 0.512 e. The van der Waals surface area contributed by atoms with E-state index in [0.29, 0.717) is 0 Å². The van der Waals surface area contributed by atoms with Crippen LogP contribution in [0, 0.1) is 0 Å². The van der Waals surface area contributed by atoms with E-state index < -0.39 is 6.16 Å². The first-order chi connectivity index (χ1) is 11.2. The second kappa shape index (κ2) is 6.79. The van der Waals surface area contributed by atoms with Crippen LogP contribution in [-0.2, 0) is 6.42 Å². The van der Waals surface area contributed by atoms with Gasteiger partial charge in [0.25, 0.3) is 0 Å². The quantitative estimate of drug-likeness (QED) is 0.729. The first kappa shape index (κ1) is 14.8. The van der Waals surface area contributed by atoms with E-state index in [0.717, 1.165) is 12.0 Å². The molecule has 23 heavy (non-hydrogen) atoms. The third-order valence-corrected chi connectivity index (χ3v) is 3.59. The van der Waals surface area contributed by atoms with Crippen molar-refractivity contribution < 1.29 is 14.6 Å². The fourth-order valence-electron chi connectivity index (χ4n) is 2.54. The van der Waals surface area contributed by atoms with E-state index in [1.807, 2.05) is 53.1 Å². The van der Waals surface area contributed by atoms with E-state index in [1.54, 1.807) is 12.5 Å². The summed E-state index contributed by atoms with van der Waals surface area (Å²) in [6.45, 7) is 0. The zero-order chi connectivity index (χ0) is 16.1. The summed E-state index contributed by atoms with van der Waals surface area (Å²) < 4.78 is 6.49. The largest absolute Gasteiger partial charge is 0.512 e. The van der Waals surface area contributed by atoms with E-state index in [1.165, 1.54) is 5.56 Å². The first-order valence-corrected chi connectivity index (χ1v) is 7.25. The minimum absolute atomic E-state index is 0.0113. The Kier molecular flexibility index (Phi) is 4.38. The maximum atomic E-state index is 10.6. The number of carboxylic acid groups (broad SMARTS) is 1. The number of rotatable bonds is 5. The number of hydrogen-bond acceptors (Lipinski definition) is 3. The molecule has 1 atom stereocenters. The Bertz CT molecular complexity index is 769. The van der Waals surface area contributed by atoms with E-state index >= 15 is 0 Å². The lowest BCUT2D eigenvalue weighted by Crippen LogP contribution is -2.12. The van der Waals surface area contributed by atoms with Crippen molar-refractivity contribution in [2.24, 2.45) is 0 Å². The molecule has 0 fully saturated rings. The molecule has 5 nitrogen and oxygen atoms in total. The third-order valence-electron chi connectivity index (χ3n) is 3.59. The van der Waals surface area contributed by atoms with Gasteiger partial charge in [0, 0.05) is 0 Å². The average molecular weight is 308 g/mol. The van der Waals surface area contributed by atoms with Crippen LogP contribution in [0.4, 0.5) is 4.79 Å². The van der Waals surface area contributed by atoms with Crippen molar-refractivity contribution in [3.8, 4) is 5.88 Å². The van der Waals surface area contributed by atoms with Crippen LogP contribution in [0.2, 0.25) is 0 Å². The number of ether oxygens (including phenoxy) is 1. The maximum absolute atomic E-state index is 10.6. The van der Waals surface area contributed by atoms with Crippen LogP contribution >= 0.6 is 0 Å². The zero-order valence-corrected chi connectivity index (χ0v) is 12.4. The molecule has 0 saturated heterocycles. The van der Waals surface area contributed by atoms with Crippen molar-refractivity contribution in [1.82, 2.24) is 9.55 Å². The molecule has 0 aliphatic rings. The molecule has 0 amide bonds. The van der Waals surface area contributed by atoms with Gasteiger partial charge in [0.05, 0.1) is 18.6 Å². The Balaban J connectivity index is 1.92. The van der Waals surface area contributed by atoms with Crippen LogP contribution in [-0.4, -0.2) is 20.8 Å². The lowest BCUT2D eigenvalue weighted by atomic mass is 9.99. The number of benzene rings is 2. The fourth-order valence-corrected chi connectivity index (χ4v) is 2.54. The van der Waals surface area contributed by atoms with Gasteiger partial charge < -0.3 is 14.4 Å². The summed E-state index contributed by atoms with van der Waals surface area (Å²) in [4.78, 5) is 14.6. The minimum atomic E-state index is -1.37. The molecule has 0 aliphatic carbocycles. The van der Waals surface area contributed by atoms with Gasteiger partial charge in [-0.1, -0.05) is 60.7 Å². The van der Waals surface area contributed by atoms with Gasteiger partial charge in [-0.3, -0.25) is 0 Å². The zero-order valence-electron chi connectivity index (χ0n) is 12.4. The minimum Gasteiger partial charge on any atom is -0.449 e. The van der Waals surface area contributed by atoms with E-state index in [-0.39, 0.29) is 11.9 Å². The van der Waals surface area contributed by atoms with Crippen molar-refractivity contribution in [3.63, 3.8) is 0 Å². The van der Waals surface area contributed by atoms with Gasteiger partial charge in [-0.25, -0.2) is 9.78 Å². The molecular formula is C18H16N2O3. The Morgan fingerprint density at radius 2 is 1.74 bits per heavy atom. The van der Waals surface area contributed by atoms with Crippen molar-refractivity contribution in [2.45, 2.75) is 12.5 Å². The first-order valence-electron chi connectivity index (χ1n) is 7.25. The predicted octanol–water partition coefficient (Wildman–Crippen LogP) is 3.77. The summed E-state index contributed by atoms with van der Waals surface area (Å²) >= 11 is 0. The topological polar surface area (TPSA) is 64.3 Å². The molecule has 3 aromatic rings. The molecule has 3 rings (SSSR count). The Morgan fingerprint density at radius 1 is 1.09 bits per heavy atom. The van der Waals surface area contributed by atoms with Crippen molar-refractivity contribution in [2.75, 3.05) is 0 Å². The van der Waals surface area contributed by atoms with Crippen LogP contribution in [0.1, 0.15) is 17.2 Å². The number of nitrogens with zero attached hydrogens (tertiary/aromatic N) is 2. The third kappa shape index (κ3) is 3.77. The Labute approximate surface area is 133 Å². The van der Waals surface area contributed by atoms with Crippen LogP contribution in [0.5, 0.6) is 5.88 Å². The van der Waals surface area contributed by atoms with Crippen LogP contribution in [0.3, 0.4) is 0 Å². The van der Waals surface area contributed by atoms with Crippen molar-refractivity contribution >= 4 is 6.16 Å². The molecule has 0 saturated carbocycles. The molecule has 0 radical (unpaired) electrons. The van der Waals surface area contributed by atoms with Crippen molar-refractivity contribution in [1.29, 1.82) is 0 Å². The second-order valence-electron chi connectivity index (χ2n) is 5.14. The van der Waals surface area contributed by atoms with Gasteiger partial charge in [-0.2, -0.15) is 0 Å². The summed E-state index contributed by atoms with van der Waals surface area (Å²) in [5, 5.41) is 8.70. The number of imidazole rings is 1. The average Bonchev–Trinajstić information content (AvgIpc) is 3.02. The number of aromatic nitrogens is 2. The predicted molar refractivity (Wildman–Crippen MR) is 85.6 cm³/mol. The van der Waals surface area contributed by atoms with Crippen LogP contribution in [0.25, 0.3) is 0 Å².